The fourth-order valence-electron chi connectivity index (χ4n) is 1.76. The maximum atomic E-state index is 12.0. The van der Waals surface area contributed by atoms with Gasteiger partial charge in [0.15, 0.2) is 0 Å². The van der Waals surface area contributed by atoms with Gasteiger partial charge in [-0.25, -0.2) is 0 Å². The molecule has 0 aromatic carbocycles. The van der Waals surface area contributed by atoms with Crippen molar-refractivity contribution in [1.82, 2.24) is 10.3 Å². The molecule has 4 nitrogen and oxygen atoms in total. The van der Waals surface area contributed by atoms with Crippen LogP contribution in [0.5, 0.6) is 0 Å². The van der Waals surface area contributed by atoms with Crippen LogP contribution in [0.3, 0.4) is 0 Å². The van der Waals surface area contributed by atoms with Crippen LogP contribution in [0.2, 0.25) is 0 Å². The number of hydrogen-bond donors (Lipinski definition) is 2. The average Bonchev–Trinajstić information content (AvgIpc) is 3.02. The zero-order chi connectivity index (χ0) is 12.3. The van der Waals surface area contributed by atoms with Crippen molar-refractivity contribution in [1.29, 1.82) is 0 Å². The number of pyridine rings is 1. The summed E-state index contributed by atoms with van der Waals surface area (Å²) in [6.45, 7) is 5.11. The third-order valence-electron chi connectivity index (χ3n) is 3.06. The number of aromatic nitrogens is 1. The summed E-state index contributed by atoms with van der Waals surface area (Å²) in [4.78, 5) is 16.1. The highest BCUT2D eigenvalue weighted by Gasteiger charge is 2.34. The van der Waals surface area contributed by atoms with Crippen LogP contribution in [0.15, 0.2) is 18.5 Å². The summed E-state index contributed by atoms with van der Waals surface area (Å²) in [7, 11) is 0. The van der Waals surface area contributed by atoms with Gasteiger partial charge in [0.1, 0.15) is 0 Å². The van der Waals surface area contributed by atoms with E-state index in [9.17, 15) is 4.79 Å². The van der Waals surface area contributed by atoms with E-state index in [1.54, 1.807) is 12.4 Å². The fraction of sp³-hybridized carbons (Fsp3) is 0.538. The van der Waals surface area contributed by atoms with Crippen molar-refractivity contribution in [2.24, 2.45) is 5.92 Å². The Morgan fingerprint density at radius 3 is 3.00 bits per heavy atom. The van der Waals surface area contributed by atoms with Gasteiger partial charge in [0.05, 0.1) is 11.3 Å². The molecule has 0 bridgehead atoms. The molecule has 1 aromatic heterocycles. The van der Waals surface area contributed by atoms with E-state index in [2.05, 4.69) is 29.5 Å². The number of hydrogen-bond acceptors (Lipinski definition) is 3. The molecule has 0 spiro atoms. The molecular weight excluding hydrogens is 214 g/mol. The first-order chi connectivity index (χ1) is 8.22. The van der Waals surface area contributed by atoms with Gasteiger partial charge >= 0.3 is 0 Å². The Kier molecular flexibility index (Phi) is 3.61. The normalized spacial score (nSPS) is 22.0. The molecule has 0 radical (unpaired) electrons. The molecule has 1 aliphatic carbocycles. The molecule has 2 rings (SSSR count). The first-order valence-electron chi connectivity index (χ1n) is 6.21. The standard InChI is InChI=1S/C13H19N3O/c1-3-5-15-11-4-6-14-8-10(11)13(17)16-12-7-9(12)2/h4,6,8-9,12H,3,5,7H2,1-2H3,(H,14,15)(H,16,17). The van der Waals surface area contributed by atoms with E-state index in [-0.39, 0.29) is 5.91 Å². The fourth-order valence-corrected chi connectivity index (χ4v) is 1.76. The van der Waals surface area contributed by atoms with Crippen LogP contribution in [0.25, 0.3) is 0 Å². The second kappa shape index (κ2) is 5.17. The predicted octanol–water partition coefficient (Wildman–Crippen LogP) is 2.04. The van der Waals surface area contributed by atoms with E-state index >= 15 is 0 Å². The van der Waals surface area contributed by atoms with Gasteiger partial charge in [-0.2, -0.15) is 0 Å². The van der Waals surface area contributed by atoms with Crippen LogP contribution < -0.4 is 10.6 Å². The summed E-state index contributed by atoms with van der Waals surface area (Å²) in [6, 6.07) is 2.20. The lowest BCUT2D eigenvalue weighted by Crippen LogP contribution is -2.27. The SMILES string of the molecule is CCCNc1ccncc1C(=O)NC1CC1C. The minimum absolute atomic E-state index is 0.0222. The number of carbonyl (C=O) groups is 1. The number of carbonyl (C=O) groups excluding carboxylic acids is 1. The Morgan fingerprint density at radius 1 is 1.59 bits per heavy atom. The smallest absolute Gasteiger partial charge is 0.255 e. The molecule has 1 amide bonds. The first-order valence-corrected chi connectivity index (χ1v) is 6.21. The molecule has 0 aliphatic heterocycles. The van der Waals surface area contributed by atoms with E-state index in [0.717, 1.165) is 25.1 Å². The van der Waals surface area contributed by atoms with Gasteiger partial charge in [-0.3, -0.25) is 9.78 Å². The maximum Gasteiger partial charge on any atom is 0.255 e. The van der Waals surface area contributed by atoms with Crippen LogP contribution in [-0.4, -0.2) is 23.5 Å². The Hall–Kier alpha value is -1.58. The molecule has 1 saturated carbocycles. The topological polar surface area (TPSA) is 54.0 Å². The summed E-state index contributed by atoms with van der Waals surface area (Å²) < 4.78 is 0. The number of nitrogens with one attached hydrogen (secondary N) is 2. The van der Waals surface area contributed by atoms with Crippen LogP contribution in [0.1, 0.15) is 37.0 Å². The number of anilines is 1. The molecule has 2 unspecified atom stereocenters. The highest BCUT2D eigenvalue weighted by atomic mass is 16.1. The third kappa shape index (κ3) is 2.96. The van der Waals surface area contributed by atoms with Crippen molar-refractivity contribution in [2.45, 2.75) is 32.7 Å². The minimum Gasteiger partial charge on any atom is -0.384 e. The van der Waals surface area contributed by atoms with Crippen LogP contribution in [0, 0.1) is 5.92 Å². The summed E-state index contributed by atoms with van der Waals surface area (Å²) >= 11 is 0. The van der Waals surface area contributed by atoms with Crippen molar-refractivity contribution < 1.29 is 4.79 Å². The van der Waals surface area contributed by atoms with Crippen molar-refractivity contribution >= 4 is 11.6 Å². The summed E-state index contributed by atoms with van der Waals surface area (Å²) in [5.74, 6) is 0.591. The Balaban J connectivity index is 2.04. The van der Waals surface area contributed by atoms with Gasteiger partial charge < -0.3 is 10.6 Å². The molecule has 1 fully saturated rings. The van der Waals surface area contributed by atoms with Crippen LogP contribution >= 0.6 is 0 Å². The molecule has 2 atom stereocenters. The second-order valence-electron chi connectivity index (χ2n) is 4.64. The van der Waals surface area contributed by atoms with Crippen molar-refractivity contribution in [3.63, 3.8) is 0 Å². The van der Waals surface area contributed by atoms with Crippen molar-refractivity contribution in [3.8, 4) is 0 Å². The largest absolute Gasteiger partial charge is 0.384 e. The first kappa shape index (κ1) is 11.9. The molecule has 0 saturated heterocycles. The summed E-state index contributed by atoms with van der Waals surface area (Å²) in [5.41, 5.74) is 1.51. The quantitative estimate of drug-likeness (QED) is 0.818. The zero-order valence-corrected chi connectivity index (χ0v) is 10.4. The second-order valence-corrected chi connectivity index (χ2v) is 4.64. The van der Waals surface area contributed by atoms with Gasteiger partial charge in [0.2, 0.25) is 0 Å². The number of nitrogens with zero attached hydrogens (tertiary/aromatic N) is 1. The molecule has 1 aromatic rings. The highest BCUT2D eigenvalue weighted by Crippen LogP contribution is 2.29. The van der Waals surface area contributed by atoms with Crippen LogP contribution in [-0.2, 0) is 0 Å². The van der Waals surface area contributed by atoms with Crippen molar-refractivity contribution in [3.05, 3.63) is 24.0 Å². The molecule has 17 heavy (non-hydrogen) atoms. The third-order valence-corrected chi connectivity index (χ3v) is 3.06. The van der Waals surface area contributed by atoms with E-state index in [1.807, 2.05) is 6.07 Å². The Bertz CT molecular complexity index is 405. The van der Waals surface area contributed by atoms with Gasteiger partial charge in [-0.1, -0.05) is 13.8 Å². The number of amides is 1. The maximum absolute atomic E-state index is 12.0. The van der Waals surface area contributed by atoms with Crippen molar-refractivity contribution in [2.75, 3.05) is 11.9 Å². The monoisotopic (exact) mass is 233 g/mol. The lowest BCUT2D eigenvalue weighted by molar-refractivity contribution is 0.0950. The summed E-state index contributed by atoms with van der Waals surface area (Å²) in [5, 5.41) is 6.27. The molecular formula is C13H19N3O. The van der Waals surface area contributed by atoms with E-state index in [0.29, 0.717) is 17.5 Å². The lowest BCUT2D eigenvalue weighted by atomic mass is 10.2. The summed E-state index contributed by atoms with van der Waals surface area (Å²) in [6.07, 6.45) is 5.45. The number of rotatable bonds is 5. The predicted molar refractivity (Wildman–Crippen MR) is 68.1 cm³/mol. The molecule has 1 aliphatic rings. The highest BCUT2D eigenvalue weighted by molar-refractivity contribution is 5.99. The molecule has 92 valence electrons. The van der Waals surface area contributed by atoms with Crippen LogP contribution in [0.4, 0.5) is 5.69 Å². The van der Waals surface area contributed by atoms with E-state index in [4.69, 9.17) is 0 Å². The Labute approximate surface area is 102 Å². The Morgan fingerprint density at radius 2 is 2.35 bits per heavy atom. The van der Waals surface area contributed by atoms with Gasteiger partial charge in [0, 0.05) is 25.0 Å². The molecule has 2 N–H and O–H groups in total. The molecule has 1 heterocycles. The van der Waals surface area contributed by atoms with E-state index < -0.39 is 0 Å². The average molecular weight is 233 g/mol. The van der Waals surface area contributed by atoms with Gasteiger partial charge in [-0.05, 0) is 24.8 Å². The minimum atomic E-state index is -0.0222. The van der Waals surface area contributed by atoms with E-state index in [1.165, 1.54) is 0 Å². The molecule has 4 heteroatoms. The van der Waals surface area contributed by atoms with Gasteiger partial charge in [-0.15, -0.1) is 0 Å². The lowest BCUT2D eigenvalue weighted by Gasteiger charge is -2.10. The zero-order valence-electron chi connectivity index (χ0n) is 10.4. The van der Waals surface area contributed by atoms with Gasteiger partial charge in [0.25, 0.3) is 5.91 Å².